The first-order chi connectivity index (χ1) is 16.9. The fraction of sp³-hybridized carbons (Fsp3) is 0.346. The second-order valence-corrected chi connectivity index (χ2v) is 9.92. The number of ether oxygens (including phenoxy) is 2. The highest BCUT2D eigenvalue weighted by molar-refractivity contribution is 7.21. The number of pyridine rings is 1. The average molecular weight is 494 g/mol. The first-order valence-corrected chi connectivity index (χ1v) is 12.4. The molecule has 5 rings (SSSR count). The lowest BCUT2D eigenvalue weighted by molar-refractivity contribution is 0.0728. The molecule has 1 aliphatic rings. The molecule has 9 heteroatoms. The molecule has 2 amide bonds. The van der Waals surface area contributed by atoms with Gasteiger partial charge < -0.3 is 24.1 Å². The second-order valence-electron chi connectivity index (χ2n) is 8.87. The van der Waals surface area contributed by atoms with Gasteiger partial charge in [-0.2, -0.15) is 0 Å². The van der Waals surface area contributed by atoms with E-state index >= 15 is 0 Å². The fourth-order valence-corrected chi connectivity index (χ4v) is 5.45. The number of likely N-dealkylation sites (tertiary alicyclic amines) is 1. The van der Waals surface area contributed by atoms with Crippen LogP contribution in [0.15, 0.2) is 40.9 Å². The van der Waals surface area contributed by atoms with Crippen molar-refractivity contribution in [3.05, 3.63) is 52.7 Å². The largest absolute Gasteiger partial charge is 0.460 e. The molecule has 1 saturated heterocycles. The lowest BCUT2D eigenvalue weighted by atomic mass is 10.0. The Hall–Kier alpha value is -3.43. The van der Waals surface area contributed by atoms with Gasteiger partial charge in [-0.15, -0.1) is 11.3 Å². The van der Waals surface area contributed by atoms with Crippen LogP contribution < -0.4 is 10.1 Å². The molecule has 1 unspecified atom stereocenters. The molecule has 182 valence electrons. The standard InChI is InChI=1S/C26H27N3O5S/c1-14(2)23-22(25(30)27-3)17-6-5-15(11-20(17)34-23)33-19-7-9-28-18-12-21(35-24(18)19)26(31)29-10-8-16(13-29)32-4/h5-7,9,11-12,14,16H,8,10,13H2,1-4H3,(H,27,30). The zero-order valence-corrected chi connectivity index (χ0v) is 20.9. The predicted octanol–water partition coefficient (Wildman–Crippen LogP) is 5.18. The second kappa shape index (κ2) is 9.31. The Labute approximate surface area is 206 Å². The Balaban J connectivity index is 1.46. The molecule has 8 nitrogen and oxygen atoms in total. The zero-order valence-electron chi connectivity index (χ0n) is 20.1. The average Bonchev–Trinajstić information content (AvgIpc) is 3.59. The fourth-order valence-electron chi connectivity index (χ4n) is 4.41. The highest BCUT2D eigenvalue weighted by Gasteiger charge is 2.28. The van der Waals surface area contributed by atoms with Crippen LogP contribution >= 0.6 is 11.3 Å². The maximum absolute atomic E-state index is 13.0. The summed E-state index contributed by atoms with van der Waals surface area (Å²) in [6.07, 6.45) is 2.60. The minimum Gasteiger partial charge on any atom is -0.460 e. The predicted molar refractivity (Wildman–Crippen MR) is 135 cm³/mol. The van der Waals surface area contributed by atoms with Crippen molar-refractivity contribution in [1.82, 2.24) is 15.2 Å². The number of methoxy groups -OCH3 is 1. The number of nitrogens with zero attached hydrogens (tertiary/aromatic N) is 2. The molecular formula is C26H27N3O5S. The van der Waals surface area contributed by atoms with E-state index in [9.17, 15) is 9.59 Å². The van der Waals surface area contributed by atoms with Gasteiger partial charge in [0.05, 0.1) is 26.8 Å². The summed E-state index contributed by atoms with van der Waals surface area (Å²) in [6, 6.07) is 9.04. The van der Waals surface area contributed by atoms with E-state index in [4.69, 9.17) is 13.9 Å². The van der Waals surface area contributed by atoms with Crippen LogP contribution in [0, 0.1) is 0 Å². The highest BCUT2D eigenvalue weighted by Crippen LogP contribution is 2.38. The lowest BCUT2D eigenvalue weighted by Crippen LogP contribution is -2.29. The summed E-state index contributed by atoms with van der Waals surface area (Å²) in [5.41, 5.74) is 1.84. The van der Waals surface area contributed by atoms with Crippen molar-refractivity contribution in [1.29, 1.82) is 0 Å². The third-order valence-electron chi connectivity index (χ3n) is 6.25. The smallest absolute Gasteiger partial charge is 0.264 e. The molecule has 0 radical (unpaired) electrons. The SMILES string of the molecule is CNC(=O)c1c(C(C)C)oc2cc(Oc3ccnc4cc(C(=O)N5CCC(OC)C5)sc34)ccc12. The third-order valence-corrected chi connectivity index (χ3v) is 7.37. The number of carbonyl (C=O) groups excluding carboxylic acids is 2. The maximum atomic E-state index is 13.0. The molecule has 1 N–H and O–H groups in total. The minimum absolute atomic E-state index is 0.0153. The van der Waals surface area contributed by atoms with Crippen molar-refractivity contribution < 1.29 is 23.5 Å². The molecule has 1 atom stereocenters. The van der Waals surface area contributed by atoms with Crippen molar-refractivity contribution in [3.63, 3.8) is 0 Å². The number of furan rings is 1. The van der Waals surface area contributed by atoms with E-state index < -0.39 is 0 Å². The summed E-state index contributed by atoms with van der Waals surface area (Å²) in [5.74, 6) is 1.68. The van der Waals surface area contributed by atoms with E-state index in [2.05, 4.69) is 10.3 Å². The van der Waals surface area contributed by atoms with E-state index in [0.29, 0.717) is 51.9 Å². The van der Waals surface area contributed by atoms with E-state index in [1.165, 1.54) is 11.3 Å². The number of carbonyl (C=O) groups is 2. The molecule has 0 bridgehead atoms. The first-order valence-electron chi connectivity index (χ1n) is 11.6. The third kappa shape index (κ3) is 4.26. The number of fused-ring (bicyclic) bond motifs is 2. The van der Waals surface area contributed by atoms with Crippen LogP contribution in [0.25, 0.3) is 21.2 Å². The molecule has 1 fully saturated rings. The molecular weight excluding hydrogens is 466 g/mol. The molecule has 4 heterocycles. The van der Waals surface area contributed by atoms with Crippen molar-refractivity contribution in [2.24, 2.45) is 0 Å². The summed E-state index contributed by atoms with van der Waals surface area (Å²) in [6.45, 7) is 5.26. The number of thiophene rings is 1. The van der Waals surface area contributed by atoms with Gasteiger partial charge in [-0.3, -0.25) is 14.6 Å². The van der Waals surface area contributed by atoms with Crippen LogP contribution in [0.3, 0.4) is 0 Å². The number of hydrogen-bond acceptors (Lipinski definition) is 7. The number of rotatable bonds is 6. The summed E-state index contributed by atoms with van der Waals surface area (Å²) in [5, 5.41) is 3.43. The van der Waals surface area contributed by atoms with Crippen LogP contribution in [-0.4, -0.2) is 55.0 Å². The Morgan fingerprint density at radius 3 is 2.80 bits per heavy atom. The van der Waals surface area contributed by atoms with Crippen LogP contribution in [0.2, 0.25) is 0 Å². The minimum atomic E-state index is -0.178. The van der Waals surface area contributed by atoms with Gasteiger partial charge in [-0.25, -0.2) is 0 Å². The molecule has 35 heavy (non-hydrogen) atoms. The van der Waals surface area contributed by atoms with E-state index in [1.54, 1.807) is 32.5 Å². The maximum Gasteiger partial charge on any atom is 0.264 e. The van der Waals surface area contributed by atoms with Gasteiger partial charge in [-0.05, 0) is 24.6 Å². The Morgan fingerprint density at radius 2 is 2.09 bits per heavy atom. The van der Waals surface area contributed by atoms with Crippen LogP contribution in [0.5, 0.6) is 11.5 Å². The van der Waals surface area contributed by atoms with Crippen molar-refractivity contribution in [3.8, 4) is 11.5 Å². The Bertz CT molecular complexity index is 1420. The Kier molecular flexibility index (Phi) is 6.21. The summed E-state index contributed by atoms with van der Waals surface area (Å²) >= 11 is 1.37. The lowest BCUT2D eigenvalue weighted by Gasteiger charge is -2.14. The number of amides is 2. The summed E-state index contributed by atoms with van der Waals surface area (Å²) < 4.78 is 18.5. The highest BCUT2D eigenvalue weighted by atomic mass is 32.1. The molecule has 1 aromatic carbocycles. The van der Waals surface area contributed by atoms with Crippen molar-refractivity contribution >= 4 is 44.3 Å². The van der Waals surface area contributed by atoms with Gasteiger partial charge in [0.15, 0.2) is 0 Å². The number of aromatic nitrogens is 1. The molecule has 4 aromatic rings. The quantitative estimate of drug-likeness (QED) is 0.398. The van der Waals surface area contributed by atoms with Crippen molar-refractivity contribution in [2.75, 3.05) is 27.2 Å². The normalized spacial score (nSPS) is 15.9. The van der Waals surface area contributed by atoms with Crippen molar-refractivity contribution in [2.45, 2.75) is 32.3 Å². The van der Waals surface area contributed by atoms with Gasteiger partial charge >= 0.3 is 0 Å². The van der Waals surface area contributed by atoms with Gasteiger partial charge in [0.1, 0.15) is 22.8 Å². The molecule has 0 aliphatic carbocycles. The number of hydrogen-bond donors (Lipinski definition) is 1. The van der Waals surface area contributed by atoms with E-state index in [1.807, 2.05) is 36.9 Å². The topological polar surface area (TPSA) is 93.9 Å². The van der Waals surface area contributed by atoms with E-state index in [-0.39, 0.29) is 23.8 Å². The zero-order chi connectivity index (χ0) is 24.7. The Morgan fingerprint density at radius 1 is 1.26 bits per heavy atom. The molecule has 0 spiro atoms. The van der Waals surface area contributed by atoms with Crippen LogP contribution in [0.1, 0.15) is 52.0 Å². The van der Waals surface area contributed by atoms with Gasteiger partial charge in [0.2, 0.25) is 0 Å². The summed E-state index contributed by atoms with van der Waals surface area (Å²) in [4.78, 5) is 32.4. The van der Waals surface area contributed by atoms with Crippen LogP contribution in [0.4, 0.5) is 0 Å². The number of nitrogens with one attached hydrogen (secondary N) is 1. The molecule has 3 aromatic heterocycles. The number of benzene rings is 1. The molecule has 0 saturated carbocycles. The van der Waals surface area contributed by atoms with Crippen LogP contribution in [-0.2, 0) is 4.74 Å². The summed E-state index contributed by atoms with van der Waals surface area (Å²) in [7, 11) is 3.28. The van der Waals surface area contributed by atoms with Gasteiger partial charge in [0.25, 0.3) is 11.8 Å². The molecule has 1 aliphatic heterocycles. The van der Waals surface area contributed by atoms with Gasteiger partial charge in [-0.1, -0.05) is 13.8 Å². The first kappa shape index (κ1) is 23.3. The monoisotopic (exact) mass is 493 g/mol. The van der Waals surface area contributed by atoms with Gasteiger partial charge in [0, 0.05) is 56.9 Å². The van der Waals surface area contributed by atoms with E-state index in [0.717, 1.165) is 16.5 Å².